The van der Waals surface area contributed by atoms with E-state index in [1.165, 1.54) is 5.56 Å². The van der Waals surface area contributed by atoms with Crippen molar-refractivity contribution in [2.24, 2.45) is 0 Å². The molecule has 0 radical (unpaired) electrons. The van der Waals surface area contributed by atoms with Gasteiger partial charge in [-0.05, 0) is 69.8 Å². The van der Waals surface area contributed by atoms with Gasteiger partial charge in [0.05, 0.1) is 16.8 Å². The first-order valence-electron chi connectivity index (χ1n) is 13.9. The lowest BCUT2D eigenvalue weighted by molar-refractivity contribution is 0.103. The molecule has 0 amide bonds. The molecule has 2 aliphatic carbocycles. The van der Waals surface area contributed by atoms with Gasteiger partial charge < -0.3 is 9.64 Å². The Kier molecular flexibility index (Phi) is 4.41. The zero-order chi connectivity index (χ0) is 27.1. The van der Waals surface area contributed by atoms with Crippen LogP contribution in [-0.2, 0) is 5.41 Å². The predicted molar refractivity (Wildman–Crippen MR) is 162 cm³/mol. The van der Waals surface area contributed by atoms with Crippen molar-refractivity contribution in [3.8, 4) is 22.6 Å². The molecular formula is C38H23NO2. The molecule has 192 valence electrons. The zero-order valence-electron chi connectivity index (χ0n) is 22.0. The van der Waals surface area contributed by atoms with Crippen LogP contribution in [0.5, 0.6) is 11.5 Å². The second-order valence-corrected chi connectivity index (χ2v) is 10.8. The Labute approximate surface area is 237 Å². The van der Waals surface area contributed by atoms with Crippen molar-refractivity contribution in [3.05, 3.63) is 173 Å². The molecule has 9 rings (SSSR count). The molecule has 0 fully saturated rings. The minimum Gasteiger partial charge on any atom is -0.453 e. The third-order valence-corrected chi connectivity index (χ3v) is 8.86. The fourth-order valence-electron chi connectivity index (χ4n) is 7.27. The highest BCUT2D eigenvalue weighted by Gasteiger charge is 2.52. The van der Waals surface area contributed by atoms with Gasteiger partial charge in [-0.15, -0.1) is 0 Å². The Morgan fingerprint density at radius 2 is 1.02 bits per heavy atom. The van der Waals surface area contributed by atoms with Crippen LogP contribution in [0.25, 0.3) is 11.1 Å². The number of carbonyl (C=O) groups is 1. The summed E-state index contributed by atoms with van der Waals surface area (Å²) in [7, 11) is 0. The number of ketones is 1. The molecule has 0 N–H and O–H groups in total. The SMILES string of the molecule is O=C1c2ccccc2C2(c3ccccc31)c1ccccc1-c1cc3c(cc12)N(c1ccccc1)c1ccccc1O3. The normalized spacial score (nSPS) is 14.7. The van der Waals surface area contributed by atoms with Crippen molar-refractivity contribution < 1.29 is 9.53 Å². The Morgan fingerprint density at radius 3 is 1.73 bits per heavy atom. The second-order valence-electron chi connectivity index (χ2n) is 10.8. The molecule has 3 nitrogen and oxygen atoms in total. The lowest BCUT2D eigenvalue weighted by Gasteiger charge is -2.40. The van der Waals surface area contributed by atoms with E-state index in [1.807, 2.05) is 48.5 Å². The van der Waals surface area contributed by atoms with Crippen molar-refractivity contribution >= 4 is 22.8 Å². The molecule has 0 saturated carbocycles. The molecule has 0 bridgehead atoms. The summed E-state index contributed by atoms with van der Waals surface area (Å²) >= 11 is 0. The van der Waals surface area contributed by atoms with Crippen LogP contribution >= 0.6 is 0 Å². The van der Waals surface area contributed by atoms with Crippen LogP contribution in [0.4, 0.5) is 17.1 Å². The molecule has 6 aromatic rings. The van der Waals surface area contributed by atoms with Crippen LogP contribution in [0.15, 0.2) is 140 Å². The number of carbonyl (C=O) groups excluding carboxylic acids is 1. The highest BCUT2D eigenvalue weighted by atomic mass is 16.5. The van der Waals surface area contributed by atoms with Crippen molar-refractivity contribution in [2.75, 3.05) is 4.90 Å². The van der Waals surface area contributed by atoms with Crippen LogP contribution in [0.3, 0.4) is 0 Å². The predicted octanol–water partition coefficient (Wildman–Crippen LogP) is 9.17. The first-order chi connectivity index (χ1) is 20.3. The van der Waals surface area contributed by atoms with Gasteiger partial charge in [0.1, 0.15) is 0 Å². The molecule has 3 aliphatic rings. The number of hydrogen-bond donors (Lipinski definition) is 0. The highest BCUT2D eigenvalue weighted by molar-refractivity contribution is 6.15. The number of rotatable bonds is 1. The lowest BCUT2D eigenvalue weighted by atomic mass is 9.61. The maximum absolute atomic E-state index is 13.9. The van der Waals surface area contributed by atoms with Crippen LogP contribution in [-0.4, -0.2) is 5.78 Å². The summed E-state index contributed by atoms with van der Waals surface area (Å²) in [6.45, 7) is 0. The fourth-order valence-corrected chi connectivity index (χ4v) is 7.27. The average Bonchev–Trinajstić information content (AvgIpc) is 3.32. The summed E-state index contributed by atoms with van der Waals surface area (Å²) in [6.07, 6.45) is 0. The van der Waals surface area contributed by atoms with E-state index < -0.39 is 5.41 Å². The van der Waals surface area contributed by atoms with E-state index in [0.29, 0.717) is 0 Å². The van der Waals surface area contributed by atoms with E-state index in [2.05, 4.69) is 95.9 Å². The van der Waals surface area contributed by atoms with Gasteiger partial charge in [-0.2, -0.15) is 0 Å². The summed E-state index contributed by atoms with van der Waals surface area (Å²) in [4.78, 5) is 16.1. The topological polar surface area (TPSA) is 29.5 Å². The first-order valence-corrected chi connectivity index (χ1v) is 13.9. The molecule has 1 heterocycles. The standard InChI is InChI=1S/C38H23NO2/c40-37-26-15-5-8-18-30(26)38(31-19-9-6-16-27(31)37)29-17-7-4-14-25(29)28-22-36-34(23-32(28)38)39(24-12-2-1-3-13-24)33-20-10-11-21-35(33)41-36/h1-23H. The summed E-state index contributed by atoms with van der Waals surface area (Å²) in [5.74, 6) is 1.71. The molecule has 0 unspecified atom stereocenters. The van der Waals surface area contributed by atoms with Gasteiger partial charge in [0.15, 0.2) is 17.3 Å². The van der Waals surface area contributed by atoms with Gasteiger partial charge in [-0.25, -0.2) is 0 Å². The van der Waals surface area contributed by atoms with E-state index >= 15 is 0 Å². The second kappa shape index (κ2) is 8.06. The van der Waals surface area contributed by atoms with Gasteiger partial charge in [0.25, 0.3) is 0 Å². The van der Waals surface area contributed by atoms with Gasteiger partial charge in [0.2, 0.25) is 0 Å². The summed E-state index contributed by atoms with van der Waals surface area (Å²) in [5.41, 5.74) is 10.6. The van der Waals surface area contributed by atoms with Gasteiger partial charge >= 0.3 is 0 Å². The van der Waals surface area contributed by atoms with E-state index in [9.17, 15) is 4.79 Å². The molecule has 3 heteroatoms. The fraction of sp³-hybridized carbons (Fsp3) is 0.0263. The van der Waals surface area contributed by atoms with Crippen molar-refractivity contribution in [3.63, 3.8) is 0 Å². The Bertz CT molecular complexity index is 2010. The van der Waals surface area contributed by atoms with Crippen LogP contribution in [0, 0.1) is 0 Å². The van der Waals surface area contributed by atoms with E-state index in [0.717, 1.165) is 67.5 Å². The van der Waals surface area contributed by atoms with E-state index in [1.54, 1.807) is 0 Å². The molecule has 41 heavy (non-hydrogen) atoms. The maximum Gasteiger partial charge on any atom is 0.193 e. The van der Waals surface area contributed by atoms with Crippen LogP contribution in [0.1, 0.15) is 38.2 Å². The van der Waals surface area contributed by atoms with Crippen LogP contribution < -0.4 is 9.64 Å². The Balaban J connectivity index is 1.42. The Morgan fingerprint density at radius 1 is 0.463 bits per heavy atom. The average molecular weight is 526 g/mol. The van der Waals surface area contributed by atoms with E-state index in [4.69, 9.17) is 4.74 Å². The summed E-state index contributed by atoms with van der Waals surface area (Å²) in [6, 6.07) is 48.0. The first kappa shape index (κ1) is 22.4. The Hall–Kier alpha value is -5.41. The molecule has 6 aromatic carbocycles. The van der Waals surface area contributed by atoms with Crippen molar-refractivity contribution in [1.82, 2.24) is 0 Å². The number of para-hydroxylation sites is 3. The number of nitrogens with zero attached hydrogens (tertiary/aromatic N) is 1. The number of ether oxygens (including phenoxy) is 1. The smallest absolute Gasteiger partial charge is 0.193 e. The quantitative estimate of drug-likeness (QED) is 0.214. The molecule has 0 saturated heterocycles. The van der Waals surface area contributed by atoms with Gasteiger partial charge in [0, 0.05) is 16.8 Å². The molecular weight excluding hydrogens is 502 g/mol. The van der Waals surface area contributed by atoms with Gasteiger partial charge in [-0.1, -0.05) is 103 Å². The molecule has 1 spiro atoms. The lowest BCUT2D eigenvalue weighted by Crippen LogP contribution is -2.36. The summed E-state index contributed by atoms with van der Waals surface area (Å²) < 4.78 is 6.61. The molecule has 1 aliphatic heterocycles. The van der Waals surface area contributed by atoms with Crippen molar-refractivity contribution in [2.45, 2.75) is 5.41 Å². The largest absolute Gasteiger partial charge is 0.453 e. The molecule has 0 aromatic heterocycles. The number of hydrogen-bond acceptors (Lipinski definition) is 3. The maximum atomic E-state index is 13.9. The number of fused-ring (bicyclic) bond motifs is 11. The molecule has 0 atom stereocenters. The van der Waals surface area contributed by atoms with Crippen LogP contribution in [0.2, 0.25) is 0 Å². The monoisotopic (exact) mass is 525 g/mol. The van der Waals surface area contributed by atoms with E-state index in [-0.39, 0.29) is 5.78 Å². The number of benzene rings is 6. The number of anilines is 3. The van der Waals surface area contributed by atoms with Gasteiger partial charge in [-0.3, -0.25) is 4.79 Å². The minimum absolute atomic E-state index is 0.0777. The minimum atomic E-state index is -0.638. The third kappa shape index (κ3) is 2.80. The zero-order valence-corrected chi connectivity index (χ0v) is 22.0. The van der Waals surface area contributed by atoms with Crippen molar-refractivity contribution in [1.29, 1.82) is 0 Å². The third-order valence-electron chi connectivity index (χ3n) is 8.86. The summed E-state index contributed by atoms with van der Waals surface area (Å²) in [5, 5.41) is 0. The highest BCUT2D eigenvalue weighted by Crippen LogP contribution is 2.62.